The molecule has 0 bridgehead atoms. The van der Waals surface area contributed by atoms with Crippen LogP contribution < -0.4 is 19.7 Å². The normalized spacial score (nSPS) is 15.0. The lowest BCUT2D eigenvalue weighted by Crippen LogP contribution is -2.54. The predicted molar refractivity (Wildman–Crippen MR) is 122 cm³/mol. The summed E-state index contributed by atoms with van der Waals surface area (Å²) >= 11 is 8.56. The molecule has 2 aromatic rings. The Morgan fingerprint density at radius 3 is 2.57 bits per heavy atom. The van der Waals surface area contributed by atoms with Gasteiger partial charge >= 0.3 is 0 Å². The average molecular weight is 485 g/mol. The third-order valence-electron chi connectivity index (χ3n) is 4.08. The van der Waals surface area contributed by atoms with Crippen LogP contribution in [0.25, 0.3) is 6.08 Å². The van der Waals surface area contributed by atoms with Crippen LogP contribution in [0.3, 0.4) is 0 Å². The molecule has 1 heterocycles. The Bertz CT molecular complexity index is 1070. The minimum Gasteiger partial charge on any atom is -0.490 e. The summed E-state index contributed by atoms with van der Waals surface area (Å²) < 4.78 is 11.9. The number of rotatable bonds is 6. The van der Waals surface area contributed by atoms with Crippen molar-refractivity contribution in [3.63, 3.8) is 0 Å². The van der Waals surface area contributed by atoms with Crippen LogP contribution in [0, 0.1) is 12.3 Å². The molecule has 0 aliphatic carbocycles. The minimum absolute atomic E-state index is 0.0255. The molecule has 1 aliphatic rings. The second kappa shape index (κ2) is 9.57. The maximum absolute atomic E-state index is 13.1. The molecule has 0 saturated carbocycles. The molecular formula is C22H17BrN2O4S. The zero-order valence-electron chi connectivity index (χ0n) is 16.0. The second-order valence-electron chi connectivity index (χ2n) is 6.07. The van der Waals surface area contributed by atoms with Crippen molar-refractivity contribution in [3.05, 3.63) is 58.1 Å². The summed E-state index contributed by atoms with van der Waals surface area (Å²) in [5, 5.41) is 2.59. The Labute approximate surface area is 188 Å². The molecule has 1 fully saturated rings. The topological polar surface area (TPSA) is 67.9 Å². The van der Waals surface area contributed by atoms with E-state index in [4.69, 9.17) is 28.1 Å². The van der Waals surface area contributed by atoms with Gasteiger partial charge in [-0.1, -0.05) is 27.9 Å². The number of ether oxygens (including phenoxy) is 2. The fraction of sp³-hybridized carbons (Fsp3) is 0.136. The number of benzene rings is 2. The molecule has 1 saturated heterocycles. The quantitative estimate of drug-likeness (QED) is 0.293. The van der Waals surface area contributed by atoms with E-state index in [0.29, 0.717) is 29.4 Å². The molecule has 0 spiro atoms. The number of amides is 2. The summed E-state index contributed by atoms with van der Waals surface area (Å²) in [6.45, 7) is 2.35. The molecule has 6 nitrogen and oxygen atoms in total. The molecule has 0 aromatic heterocycles. The number of nitrogens with zero attached hydrogens (tertiary/aromatic N) is 1. The summed E-state index contributed by atoms with van der Waals surface area (Å²) in [5.74, 6) is 2.26. The van der Waals surface area contributed by atoms with Crippen LogP contribution in [-0.2, 0) is 9.59 Å². The van der Waals surface area contributed by atoms with Crippen molar-refractivity contribution in [2.45, 2.75) is 6.92 Å². The Morgan fingerprint density at radius 1 is 1.17 bits per heavy atom. The second-order valence-corrected chi connectivity index (χ2v) is 7.37. The number of anilines is 1. The highest BCUT2D eigenvalue weighted by atomic mass is 79.9. The van der Waals surface area contributed by atoms with E-state index in [1.807, 2.05) is 6.92 Å². The van der Waals surface area contributed by atoms with E-state index in [0.717, 1.165) is 4.47 Å². The lowest BCUT2D eigenvalue weighted by atomic mass is 10.1. The van der Waals surface area contributed by atoms with Gasteiger partial charge in [0.15, 0.2) is 16.6 Å². The van der Waals surface area contributed by atoms with Crippen molar-refractivity contribution in [2.75, 3.05) is 18.1 Å². The van der Waals surface area contributed by atoms with Crippen molar-refractivity contribution in [1.82, 2.24) is 5.32 Å². The highest BCUT2D eigenvalue weighted by Crippen LogP contribution is 2.30. The van der Waals surface area contributed by atoms with Crippen molar-refractivity contribution in [3.8, 4) is 23.8 Å². The maximum Gasteiger partial charge on any atom is 0.270 e. The largest absolute Gasteiger partial charge is 0.490 e. The number of terminal acetylenes is 1. The van der Waals surface area contributed by atoms with Crippen LogP contribution in [0.4, 0.5) is 5.69 Å². The van der Waals surface area contributed by atoms with Gasteiger partial charge in [0.25, 0.3) is 11.8 Å². The van der Waals surface area contributed by atoms with Gasteiger partial charge in [0, 0.05) is 4.47 Å². The van der Waals surface area contributed by atoms with Crippen LogP contribution in [-0.4, -0.2) is 30.1 Å². The van der Waals surface area contributed by atoms with Crippen LogP contribution in [0.15, 0.2) is 52.5 Å². The first-order valence-electron chi connectivity index (χ1n) is 8.94. The third kappa shape index (κ3) is 4.70. The van der Waals surface area contributed by atoms with Crippen molar-refractivity contribution >= 4 is 56.8 Å². The minimum atomic E-state index is -0.566. The molecule has 30 heavy (non-hydrogen) atoms. The van der Waals surface area contributed by atoms with Crippen LogP contribution in [0.2, 0.25) is 0 Å². The lowest BCUT2D eigenvalue weighted by molar-refractivity contribution is -0.122. The van der Waals surface area contributed by atoms with Gasteiger partial charge in [0.2, 0.25) is 0 Å². The van der Waals surface area contributed by atoms with Gasteiger partial charge in [0.05, 0.1) is 12.3 Å². The molecule has 152 valence electrons. The summed E-state index contributed by atoms with van der Waals surface area (Å²) in [5.41, 5.74) is 1.09. The van der Waals surface area contributed by atoms with Crippen molar-refractivity contribution in [2.24, 2.45) is 0 Å². The van der Waals surface area contributed by atoms with Crippen molar-refractivity contribution in [1.29, 1.82) is 0 Å². The number of thiocarbonyl (C=S) groups is 1. The van der Waals surface area contributed by atoms with E-state index in [1.165, 1.54) is 11.0 Å². The number of carbonyl (C=O) groups excluding carboxylic acids is 2. The standard InChI is InChI=1S/C22H17BrN2O4S/c1-3-11-29-18-10-5-14(13-19(18)28-4-2)12-17-20(26)24-22(30)25(21(17)27)16-8-6-15(23)7-9-16/h1,5-10,12-13H,4,11H2,2H3,(H,24,26,30)/b17-12+. The number of nitrogens with one attached hydrogen (secondary N) is 1. The zero-order valence-corrected chi connectivity index (χ0v) is 18.4. The SMILES string of the molecule is C#CCOc1ccc(/C=C2\C(=O)NC(=S)N(c3ccc(Br)cc3)C2=O)cc1OCC. The average Bonchev–Trinajstić information content (AvgIpc) is 2.72. The maximum atomic E-state index is 13.1. The molecular weight excluding hydrogens is 468 g/mol. The molecule has 3 rings (SSSR count). The fourth-order valence-electron chi connectivity index (χ4n) is 2.77. The predicted octanol–water partition coefficient (Wildman–Crippen LogP) is 3.69. The summed E-state index contributed by atoms with van der Waals surface area (Å²) in [6, 6.07) is 12.1. The van der Waals surface area contributed by atoms with E-state index in [-0.39, 0.29) is 17.3 Å². The van der Waals surface area contributed by atoms with Gasteiger partial charge in [-0.15, -0.1) is 6.42 Å². The van der Waals surface area contributed by atoms with Crippen LogP contribution >= 0.6 is 28.1 Å². The van der Waals surface area contributed by atoms with E-state index >= 15 is 0 Å². The number of halogens is 1. The highest BCUT2D eigenvalue weighted by Gasteiger charge is 2.34. The van der Waals surface area contributed by atoms with Crippen LogP contribution in [0.5, 0.6) is 11.5 Å². The van der Waals surface area contributed by atoms with Gasteiger partial charge in [-0.3, -0.25) is 19.8 Å². The Hall–Kier alpha value is -3.15. The van der Waals surface area contributed by atoms with Gasteiger partial charge in [-0.25, -0.2) is 0 Å². The fourth-order valence-corrected chi connectivity index (χ4v) is 3.32. The van der Waals surface area contributed by atoms with E-state index in [1.54, 1.807) is 42.5 Å². The first-order valence-corrected chi connectivity index (χ1v) is 10.1. The first-order chi connectivity index (χ1) is 14.4. The molecule has 0 atom stereocenters. The van der Waals surface area contributed by atoms with E-state index in [9.17, 15) is 9.59 Å². The number of hydrogen-bond acceptors (Lipinski definition) is 5. The molecule has 1 aliphatic heterocycles. The third-order valence-corrected chi connectivity index (χ3v) is 4.89. The van der Waals surface area contributed by atoms with Gasteiger partial charge in [-0.2, -0.15) is 0 Å². The van der Waals surface area contributed by atoms with Gasteiger partial charge in [0.1, 0.15) is 12.2 Å². The Balaban J connectivity index is 1.96. The first kappa shape index (κ1) is 21.6. The zero-order chi connectivity index (χ0) is 21.7. The van der Waals surface area contributed by atoms with Crippen LogP contribution in [0.1, 0.15) is 12.5 Å². The van der Waals surface area contributed by atoms with E-state index < -0.39 is 11.8 Å². The summed E-state index contributed by atoms with van der Waals surface area (Å²) in [4.78, 5) is 26.8. The molecule has 2 aromatic carbocycles. The molecule has 0 radical (unpaired) electrons. The summed E-state index contributed by atoms with van der Waals surface area (Å²) in [7, 11) is 0. The Kier molecular flexibility index (Phi) is 6.87. The van der Waals surface area contributed by atoms with Crippen molar-refractivity contribution < 1.29 is 19.1 Å². The molecule has 0 unspecified atom stereocenters. The lowest BCUT2D eigenvalue weighted by Gasteiger charge is -2.29. The molecule has 2 amide bonds. The van der Waals surface area contributed by atoms with E-state index in [2.05, 4.69) is 27.2 Å². The smallest absolute Gasteiger partial charge is 0.270 e. The molecule has 8 heteroatoms. The summed E-state index contributed by atoms with van der Waals surface area (Å²) in [6.07, 6.45) is 6.72. The Morgan fingerprint density at radius 2 is 1.90 bits per heavy atom. The van der Waals surface area contributed by atoms with Gasteiger partial charge in [-0.05, 0) is 67.2 Å². The highest BCUT2D eigenvalue weighted by molar-refractivity contribution is 9.10. The van der Waals surface area contributed by atoms with Gasteiger partial charge < -0.3 is 9.47 Å². The monoisotopic (exact) mass is 484 g/mol. The number of hydrogen-bond donors (Lipinski definition) is 1. The number of carbonyl (C=O) groups is 2. The molecule has 1 N–H and O–H groups in total.